The van der Waals surface area contributed by atoms with Gasteiger partial charge >= 0.3 is 0 Å². The largest absolute Gasteiger partial charge is 0.376 e. The molecule has 0 spiro atoms. The number of ether oxygens (including phenoxy) is 4. The summed E-state index contributed by atoms with van der Waals surface area (Å²) in [4.78, 5) is 7.16. The van der Waals surface area contributed by atoms with Crippen LogP contribution in [0.2, 0.25) is 0 Å². The molecule has 7 heteroatoms. The molecular formula is C53H49NO5S. The van der Waals surface area contributed by atoms with Crippen molar-refractivity contribution in [3.63, 3.8) is 0 Å². The van der Waals surface area contributed by atoms with Gasteiger partial charge in [-0.3, -0.25) is 0 Å². The van der Waals surface area contributed by atoms with Crippen LogP contribution in [0.15, 0.2) is 217 Å². The molecule has 6 nitrogen and oxygen atoms in total. The van der Waals surface area contributed by atoms with Gasteiger partial charge in [-0.15, -0.1) is 0 Å². The highest BCUT2D eigenvalue weighted by Crippen LogP contribution is 2.43. The van der Waals surface area contributed by atoms with Gasteiger partial charge in [-0.25, -0.2) is 0 Å². The maximum absolute atomic E-state index is 7.16. The zero-order valence-electron chi connectivity index (χ0n) is 33.4. The minimum Gasteiger partial charge on any atom is -0.376 e. The Morgan fingerprint density at radius 2 is 0.750 bits per heavy atom. The quantitative estimate of drug-likeness (QED) is 0.0635. The fourth-order valence-corrected chi connectivity index (χ4v) is 8.78. The van der Waals surface area contributed by atoms with Crippen LogP contribution in [-0.2, 0) is 55.8 Å². The van der Waals surface area contributed by atoms with E-state index in [2.05, 4.69) is 84.9 Å². The van der Waals surface area contributed by atoms with Gasteiger partial charge in [0.1, 0.15) is 23.4 Å². The molecule has 1 saturated heterocycles. The summed E-state index contributed by atoms with van der Waals surface area (Å²) in [7, 11) is 0. The lowest BCUT2D eigenvalue weighted by Crippen LogP contribution is -2.56. The smallest absolute Gasteiger partial charge is 0.212 e. The van der Waals surface area contributed by atoms with Gasteiger partial charge in [0, 0.05) is 16.7 Å². The van der Waals surface area contributed by atoms with Crippen LogP contribution < -0.4 is 0 Å². The Kier molecular flexibility index (Phi) is 14.3. The van der Waals surface area contributed by atoms with E-state index in [0.29, 0.717) is 38.1 Å². The number of benzene rings is 7. The zero-order chi connectivity index (χ0) is 40.7. The minimum atomic E-state index is -1.10. The van der Waals surface area contributed by atoms with Crippen molar-refractivity contribution in [1.29, 1.82) is 0 Å². The van der Waals surface area contributed by atoms with Gasteiger partial charge < -0.3 is 23.8 Å². The number of oxime groups is 1. The van der Waals surface area contributed by atoms with Crippen LogP contribution in [0.5, 0.6) is 0 Å². The molecule has 8 rings (SSSR count). The van der Waals surface area contributed by atoms with Crippen molar-refractivity contribution in [3.05, 3.63) is 251 Å². The normalized spacial score (nSPS) is 18.6. The summed E-state index contributed by atoms with van der Waals surface area (Å²) < 4.78 is 27.5. The van der Waals surface area contributed by atoms with Crippen molar-refractivity contribution >= 4 is 16.8 Å². The fourth-order valence-electron chi connectivity index (χ4n) is 7.52. The number of hydrogen-bond donors (Lipinski definition) is 0. The lowest BCUT2D eigenvalue weighted by Gasteiger charge is -2.42. The number of thioether (sulfide) groups is 1. The van der Waals surface area contributed by atoms with Crippen LogP contribution in [-0.4, -0.2) is 35.2 Å². The molecule has 1 aliphatic heterocycles. The first-order valence-corrected chi connectivity index (χ1v) is 21.3. The highest BCUT2D eigenvalue weighted by atomic mass is 32.2. The minimum absolute atomic E-state index is 0.239. The first kappa shape index (κ1) is 41.0. The molecule has 0 amide bonds. The van der Waals surface area contributed by atoms with Crippen LogP contribution in [0.25, 0.3) is 0 Å². The Hall–Kier alpha value is -5.80. The van der Waals surface area contributed by atoms with E-state index >= 15 is 0 Å². The Labute approximate surface area is 357 Å². The van der Waals surface area contributed by atoms with E-state index in [4.69, 9.17) is 28.9 Å². The van der Waals surface area contributed by atoms with E-state index in [1.165, 1.54) is 0 Å². The SMILES string of the molecule is c1ccc(COC[C@@H]2S/C(=N\OC(c3ccccc3)(c3ccccc3)c3ccccc3)[C@H](OCc3ccccc3)[C@@H](OCc3ccccc3)[C@@H]2OCc2ccccc2)cc1. The second-order valence-electron chi connectivity index (χ2n) is 14.7. The molecule has 1 aliphatic rings. The van der Waals surface area contributed by atoms with E-state index < -0.39 is 23.9 Å². The molecule has 0 aromatic heterocycles. The lowest BCUT2D eigenvalue weighted by molar-refractivity contribution is -0.139. The van der Waals surface area contributed by atoms with Gasteiger partial charge in [0.05, 0.1) is 38.3 Å². The molecule has 60 heavy (non-hydrogen) atoms. The van der Waals surface area contributed by atoms with Crippen LogP contribution in [0, 0.1) is 0 Å². The molecule has 0 unspecified atom stereocenters. The van der Waals surface area contributed by atoms with Crippen molar-refractivity contribution in [2.45, 2.75) is 55.6 Å². The van der Waals surface area contributed by atoms with Crippen molar-refractivity contribution in [3.8, 4) is 0 Å². The molecule has 4 atom stereocenters. The average Bonchev–Trinajstić information content (AvgIpc) is 3.32. The van der Waals surface area contributed by atoms with E-state index in [1.807, 2.05) is 127 Å². The first-order valence-electron chi connectivity index (χ1n) is 20.4. The summed E-state index contributed by atoms with van der Waals surface area (Å²) in [5.41, 5.74) is 5.97. The molecule has 0 bridgehead atoms. The molecule has 7 aromatic rings. The lowest BCUT2D eigenvalue weighted by atomic mass is 9.80. The molecule has 0 radical (unpaired) electrons. The topological polar surface area (TPSA) is 58.5 Å². The van der Waals surface area contributed by atoms with Crippen LogP contribution in [0.1, 0.15) is 38.9 Å². The Morgan fingerprint density at radius 1 is 0.400 bits per heavy atom. The third-order valence-corrected chi connectivity index (χ3v) is 11.8. The molecule has 1 fully saturated rings. The van der Waals surface area contributed by atoms with Crippen molar-refractivity contribution in [2.24, 2.45) is 5.16 Å². The van der Waals surface area contributed by atoms with Crippen molar-refractivity contribution in [1.82, 2.24) is 0 Å². The molecule has 0 aliphatic carbocycles. The molecule has 0 N–H and O–H groups in total. The van der Waals surface area contributed by atoms with Gasteiger partial charge in [-0.1, -0.05) is 229 Å². The summed E-state index contributed by atoms with van der Waals surface area (Å²) in [5.74, 6) is 0. The Bertz CT molecular complexity index is 2220. The second kappa shape index (κ2) is 20.9. The van der Waals surface area contributed by atoms with Crippen LogP contribution >= 0.6 is 11.8 Å². The number of hydrogen-bond acceptors (Lipinski definition) is 7. The summed E-state index contributed by atoms with van der Waals surface area (Å²) in [6, 6.07) is 71.7. The predicted octanol–water partition coefficient (Wildman–Crippen LogP) is 11.4. The van der Waals surface area contributed by atoms with Crippen LogP contribution in [0.3, 0.4) is 0 Å². The highest BCUT2D eigenvalue weighted by Gasteiger charge is 2.48. The number of nitrogens with zero attached hydrogens (tertiary/aromatic N) is 1. The van der Waals surface area contributed by atoms with Crippen molar-refractivity contribution < 1.29 is 23.8 Å². The average molecular weight is 812 g/mol. The summed E-state index contributed by atoms with van der Waals surface area (Å²) in [5, 5.41) is 5.62. The van der Waals surface area contributed by atoms with Gasteiger partial charge in [0.15, 0.2) is 0 Å². The maximum Gasteiger partial charge on any atom is 0.212 e. The summed E-state index contributed by atoms with van der Waals surface area (Å²) in [6.45, 7) is 1.89. The fraction of sp³-hybridized carbons (Fsp3) is 0.189. The molecular weight excluding hydrogens is 763 g/mol. The second-order valence-corrected chi connectivity index (χ2v) is 16.0. The molecule has 302 valence electrons. The summed E-state index contributed by atoms with van der Waals surface area (Å²) >= 11 is 1.57. The van der Waals surface area contributed by atoms with Gasteiger partial charge in [0.25, 0.3) is 0 Å². The van der Waals surface area contributed by atoms with Crippen LogP contribution in [0.4, 0.5) is 0 Å². The van der Waals surface area contributed by atoms with Gasteiger partial charge in [-0.05, 0) is 22.3 Å². The molecule has 1 heterocycles. The third kappa shape index (κ3) is 10.3. The van der Waals surface area contributed by atoms with Crippen molar-refractivity contribution in [2.75, 3.05) is 6.61 Å². The molecule has 0 saturated carbocycles. The predicted molar refractivity (Wildman–Crippen MR) is 240 cm³/mol. The standard InChI is InChI=1S/C53H49NO5S/c1-8-22-41(23-9-1)36-55-40-48-49(56-37-42-24-10-2-11-25-42)50(57-38-43-26-12-3-13-27-43)51(58-39-44-28-14-4-15-29-44)52(60-48)54-59-53(45-30-16-5-17-31-45,46-32-18-6-19-33-46)47-34-20-7-21-35-47/h1-35,48-51H,36-40H2/b54-52-/t48-,49+,50-,51+/m0/s1. The van der Waals surface area contributed by atoms with E-state index in [-0.39, 0.29) is 5.25 Å². The maximum atomic E-state index is 7.16. The Morgan fingerprint density at radius 3 is 1.17 bits per heavy atom. The number of rotatable bonds is 18. The summed E-state index contributed by atoms with van der Waals surface area (Å²) in [6.07, 6.45) is -1.70. The third-order valence-electron chi connectivity index (χ3n) is 10.6. The zero-order valence-corrected chi connectivity index (χ0v) is 34.3. The molecule has 7 aromatic carbocycles. The van der Waals surface area contributed by atoms with E-state index in [1.54, 1.807) is 11.8 Å². The van der Waals surface area contributed by atoms with Gasteiger partial charge in [-0.2, -0.15) is 0 Å². The Balaban J connectivity index is 1.23. The van der Waals surface area contributed by atoms with E-state index in [9.17, 15) is 0 Å². The first-order chi connectivity index (χ1) is 29.8. The highest BCUT2D eigenvalue weighted by molar-refractivity contribution is 8.14. The van der Waals surface area contributed by atoms with E-state index in [0.717, 1.165) is 38.9 Å². The van der Waals surface area contributed by atoms with Gasteiger partial charge in [0.2, 0.25) is 5.60 Å². The monoisotopic (exact) mass is 811 g/mol.